The third-order valence-corrected chi connectivity index (χ3v) is 5.27. The molecule has 29 heavy (non-hydrogen) atoms. The fraction of sp³-hybridized carbons (Fsp3) is 0.636. The lowest BCUT2D eigenvalue weighted by atomic mass is 9.91. The van der Waals surface area contributed by atoms with E-state index in [1.807, 2.05) is 12.1 Å². The van der Waals surface area contributed by atoms with Crippen LogP contribution >= 0.6 is 0 Å². The van der Waals surface area contributed by atoms with E-state index in [0.29, 0.717) is 18.5 Å². The number of methoxy groups -OCH3 is 1. The molecule has 2 rings (SSSR count). The van der Waals surface area contributed by atoms with Crippen LogP contribution in [0.5, 0.6) is 5.75 Å². The van der Waals surface area contributed by atoms with E-state index in [4.69, 9.17) is 9.47 Å². The van der Waals surface area contributed by atoms with Gasteiger partial charge in [0.25, 0.3) is 5.91 Å². The first kappa shape index (κ1) is 23.0. The minimum atomic E-state index is -0.994. The predicted octanol–water partition coefficient (Wildman–Crippen LogP) is 4.53. The van der Waals surface area contributed by atoms with Gasteiger partial charge in [0, 0.05) is 19.2 Å². The molecular weight excluding hydrogens is 372 g/mol. The number of ether oxygens (including phenoxy) is 2. The Labute approximate surface area is 173 Å². The van der Waals surface area contributed by atoms with Gasteiger partial charge in [-0.25, -0.2) is 4.79 Å². The van der Waals surface area contributed by atoms with Crippen molar-refractivity contribution in [2.75, 3.05) is 20.4 Å². The zero-order valence-corrected chi connectivity index (χ0v) is 18.2. The zero-order valence-electron chi connectivity index (χ0n) is 18.2. The molecule has 1 aromatic rings. The van der Waals surface area contributed by atoms with E-state index in [-0.39, 0.29) is 24.5 Å². The minimum absolute atomic E-state index is 0.140. The van der Waals surface area contributed by atoms with E-state index >= 15 is 0 Å². The highest BCUT2D eigenvalue weighted by atomic mass is 16.7. The second-order valence-electron chi connectivity index (χ2n) is 8.16. The summed E-state index contributed by atoms with van der Waals surface area (Å²) >= 11 is 0. The quantitative estimate of drug-likeness (QED) is 0.650. The maximum atomic E-state index is 13.1. The molecule has 0 spiro atoms. The second kappa shape index (κ2) is 10.5. The molecule has 7 nitrogen and oxygen atoms in total. The summed E-state index contributed by atoms with van der Waals surface area (Å²) in [6.45, 7) is 8.80. The van der Waals surface area contributed by atoms with Crippen molar-refractivity contribution in [3.8, 4) is 5.75 Å². The van der Waals surface area contributed by atoms with Crippen LogP contribution < -0.4 is 10.1 Å². The highest BCUT2D eigenvalue weighted by molar-refractivity contribution is 5.95. The summed E-state index contributed by atoms with van der Waals surface area (Å²) in [4.78, 5) is 26.0. The molecule has 1 saturated heterocycles. The fourth-order valence-electron chi connectivity index (χ4n) is 3.67. The van der Waals surface area contributed by atoms with Gasteiger partial charge in [0.1, 0.15) is 11.9 Å². The first-order valence-corrected chi connectivity index (χ1v) is 10.4. The molecule has 1 fully saturated rings. The number of nitrogens with one attached hydrogen (secondary N) is 1. The third kappa shape index (κ3) is 5.85. The Kier molecular flexibility index (Phi) is 8.32. The molecule has 1 unspecified atom stereocenters. The van der Waals surface area contributed by atoms with Gasteiger partial charge in [0.2, 0.25) is 0 Å². The van der Waals surface area contributed by atoms with Crippen molar-refractivity contribution in [2.24, 2.45) is 0 Å². The molecule has 1 atom stereocenters. The zero-order chi connectivity index (χ0) is 21.6. The summed E-state index contributed by atoms with van der Waals surface area (Å²) < 4.78 is 10.9. The highest BCUT2D eigenvalue weighted by Crippen LogP contribution is 2.36. The largest absolute Gasteiger partial charge is 0.467 e. The number of rotatable bonds is 7. The molecule has 0 radical (unpaired) electrons. The Bertz CT molecular complexity index is 688. The number of benzene rings is 1. The standard InChI is InChI=1S/C22H34N2O5/c1-14(2)17-11-16(12-18(15(3)4)20(17)29-13-28-5)21(25)23-19-9-7-6-8-10-24(19)22(26)27/h11-12,14-15,19H,6-10,13H2,1-5H3,(H,23,25)(H,26,27). The van der Waals surface area contributed by atoms with E-state index in [1.54, 1.807) is 7.11 Å². The van der Waals surface area contributed by atoms with Gasteiger partial charge >= 0.3 is 6.09 Å². The topological polar surface area (TPSA) is 88.1 Å². The van der Waals surface area contributed by atoms with Crippen molar-refractivity contribution in [1.82, 2.24) is 10.2 Å². The monoisotopic (exact) mass is 406 g/mol. The van der Waals surface area contributed by atoms with Crippen molar-refractivity contribution < 1.29 is 24.2 Å². The SMILES string of the molecule is COCOc1c(C(C)C)cc(C(=O)NC2CCCCCN2C(=O)O)cc1C(C)C. The molecule has 1 aliphatic heterocycles. The fourth-order valence-corrected chi connectivity index (χ4v) is 3.67. The van der Waals surface area contributed by atoms with Gasteiger partial charge in [-0.05, 0) is 54.4 Å². The van der Waals surface area contributed by atoms with E-state index in [1.165, 1.54) is 4.90 Å². The molecule has 0 bridgehead atoms. The lowest BCUT2D eigenvalue weighted by Crippen LogP contribution is -2.50. The Morgan fingerprint density at radius 2 is 1.76 bits per heavy atom. The van der Waals surface area contributed by atoms with E-state index in [2.05, 4.69) is 33.0 Å². The molecule has 0 aromatic heterocycles. The molecule has 1 heterocycles. The Hall–Kier alpha value is -2.28. The average molecular weight is 407 g/mol. The first-order valence-electron chi connectivity index (χ1n) is 10.4. The van der Waals surface area contributed by atoms with Gasteiger partial charge in [-0.1, -0.05) is 34.1 Å². The van der Waals surface area contributed by atoms with Crippen LogP contribution in [0.25, 0.3) is 0 Å². The van der Waals surface area contributed by atoms with Gasteiger partial charge in [-0.3, -0.25) is 9.69 Å². The average Bonchev–Trinajstić information content (AvgIpc) is 2.90. The first-order chi connectivity index (χ1) is 13.8. The molecule has 1 aromatic carbocycles. The van der Waals surface area contributed by atoms with Gasteiger partial charge in [-0.2, -0.15) is 0 Å². The summed E-state index contributed by atoms with van der Waals surface area (Å²) in [7, 11) is 1.58. The normalized spacial score (nSPS) is 17.3. The summed E-state index contributed by atoms with van der Waals surface area (Å²) in [5.41, 5.74) is 2.40. The molecule has 162 valence electrons. The number of hydrogen-bond acceptors (Lipinski definition) is 4. The summed E-state index contributed by atoms with van der Waals surface area (Å²) in [5.74, 6) is 0.807. The summed E-state index contributed by atoms with van der Waals surface area (Å²) in [5, 5.41) is 12.5. The van der Waals surface area contributed by atoms with Crippen LogP contribution in [-0.4, -0.2) is 48.6 Å². The Morgan fingerprint density at radius 3 is 2.28 bits per heavy atom. The maximum absolute atomic E-state index is 13.1. The Balaban J connectivity index is 2.36. The van der Waals surface area contributed by atoms with Crippen LogP contribution in [0.4, 0.5) is 4.79 Å². The third-order valence-electron chi connectivity index (χ3n) is 5.27. The number of carboxylic acid groups (broad SMARTS) is 1. The molecule has 7 heteroatoms. The Morgan fingerprint density at radius 1 is 1.14 bits per heavy atom. The minimum Gasteiger partial charge on any atom is -0.467 e. The summed E-state index contributed by atoms with van der Waals surface area (Å²) in [6.07, 6.45) is 1.81. The van der Waals surface area contributed by atoms with Crippen LogP contribution in [0.15, 0.2) is 12.1 Å². The lowest BCUT2D eigenvalue weighted by Gasteiger charge is -2.28. The number of carbonyl (C=O) groups is 2. The van der Waals surface area contributed by atoms with Crippen molar-refractivity contribution in [3.05, 3.63) is 28.8 Å². The lowest BCUT2D eigenvalue weighted by molar-refractivity contribution is 0.0494. The van der Waals surface area contributed by atoms with Crippen molar-refractivity contribution in [3.63, 3.8) is 0 Å². The second-order valence-corrected chi connectivity index (χ2v) is 8.16. The van der Waals surface area contributed by atoms with Gasteiger partial charge in [0.05, 0.1) is 0 Å². The van der Waals surface area contributed by atoms with Crippen LogP contribution in [0.3, 0.4) is 0 Å². The van der Waals surface area contributed by atoms with E-state index < -0.39 is 12.3 Å². The predicted molar refractivity (Wildman–Crippen MR) is 112 cm³/mol. The molecule has 2 N–H and O–H groups in total. The van der Waals surface area contributed by atoms with Gasteiger partial charge in [0.15, 0.2) is 6.79 Å². The number of nitrogens with zero attached hydrogens (tertiary/aromatic N) is 1. The summed E-state index contributed by atoms with van der Waals surface area (Å²) in [6, 6.07) is 3.69. The number of hydrogen-bond donors (Lipinski definition) is 2. The number of carbonyl (C=O) groups excluding carboxylic acids is 1. The van der Waals surface area contributed by atoms with E-state index in [0.717, 1.165) is 36.1 Å². The molecule has 0 aliphatic carbocycles. The highest BCUT2D eigenvalue weighted by Gasteiger charge is 2.27. The van der Waals surface area contributed by atoms with Gasteiger partial charge < -0.3 is 19.9 Å². The smallest absolute Gasteiger partial charge is 0.408 e. The van der Waals surface area contributed by atoms with Crippen molar-refractivity contribution in [1.29, 1.82) is 0 Å². The number of likely N-dealkylation sites (tertiary alicyclic amines) is 1. The molecule has 0 saturated carbocycles. The van der Waals surface area contributed by atoms with Crippen LogP contribution in [0.1, 0.15) is 86.7 Å². The van der Waals surface area contributed by atoms with Crippen molar-refractivity contribution in [2.45, 2.75) is 71.4 Å². The van der Waals surface area contributed by atoms with Crippen LogP contribution in [0, 0.1) is 0 Å². The maximum Gasteiger partial charge on any atom is 0.408 e. The van der Waals surface area contributed by atoms with E-state index in [9.17, 15) is 14.7 Å². The molecule has 2 amide bonds. The number of amides is 2. The molecule has 1 aliphatic rings. The van der Waals surface area contributed by atoms with Crippen molar-refractivity contribution >= 4 is 12.0 Å². The van der Waals surface area contributed by atoms with Crippen LogP contribution in [0.2, 0.25) is 0 Å². The molecular formula is C22H34N2O5. The van der Waals surface area contributed by atoms with Gasteiger partial charge in [-0.15, -0.1) is 0 Å². The van der Waals surface area contributed by atoms with Crippen LogP contribution in [-0.2, 0) is 4.74 Å².